The van der Waals surface area contributed by atoms with E-state index in [4.69, 9.17) is 0 Å². The number of aliphatic carboxylic acids is 1. The standard InChI is InChI=1S/C20H21NO3/c22-18(21-19(20(23)24)16-9-5-2-6-10-16)13-14-11-17(12-14)15-7-3-1-4-8-15/h1-10,14,17,19H,11-13H2,(H,21,22)(H,23,24). The van der Waals surface area contributed by atoms with E-state index in [1.54, 1.807) is 24.3 Å². The zero-order valence-electron chi connectivity index (χ0n) is 13.4. The van der Waals surface area contributed by atoms with Gasteiger partial charge >= 0.3 is 5.97 Å². The molecule has 2 aromatic carbocycles. The Hall–Kier alpha value is -2.62. The molecular formula is C20H21NO3. The topological polar surface area (TPSA) is 66.4 Å². The van der Waals surface area contributed by atoms with Crippen LogP contribution in [0.4, 0.5) is 0 Å². The monoisotopic (exact) mass is 323 g/mol. The first kappa shape index (κ1) is 16.2. The lowest BCUT2D eigenvalue weighted by Crippen LogP contribution is -2.36. The fraction of sp³-hybridized carbons (Fsp3) is 0.300. The molecule has 0 aromatic heterocycles. The van der Waals surface area contributed by atoms with Gasteiger partial charge in [0.2, 0.25) is 5.91 Å². The first-order chi connectivity index (χ1) is 11.6. The molecule has 0 heterocycles. The summed E-state index contributed by atoms with van der Waals surface area (Å²) in [5, 5.41) is 12.0. The number of carboxylic acid groups (broad SMARTS) is 1. The Morgan fingerprint density at radius 2 is 1.58 bits per heavy atom. The van der Waals surface area contributed by atoms with Crippen LogP contribution in [0.5, 0.6) is 0 Å². The second-order valence-corrected chi connectivity index (χ2v) is 6.40. The lowest BCUT2D eigenvalue weighted by Gasteiger charge is -2.35. The van der Waals surface area contributed by atoms with E-state index in [0.29, 0.717) is 23.8 Å². The number of rotatable bonds is 6. The highest BCUT2D eigenvalue weighted by Crippen LogP contribution is 2.43. The van der Waals surface area contributed by atoms with Crippen LogP contribution in [0, 0.1) is 5.92 Å². The molecule has 24 heavy (non-hydrogen) atoms. The molecule has 1 unspecified atom stereocenters. The van der Waals surface area contributed by atoms with Crippen molar-refractivity contribution >= 4 is 11.9 Å². The molecule has 0 radical (unpaired) electrons. The number of nitrogens with one attached hydrogen (secondary N) is 1. The maximum absolute atomic E-state index is 12.2. The highest BCUT2D eigenvalue weighted by Gasteiger charge is 2.32. The molecule has 0 bridgehead atoms. The minimum atomic E-state index is -1.04. The molecule has 2 N–H and O–H groups in total. The molecule has 0 aliphatic heterocycles. The molecule has 4 nitrogen and oxygen atoms in total. The third-order valence-corrected chi connectivity index (χ3v) is 4.67. The van der Waals surface area contributed by atoms with E-state index < -0.39 is 12.0 Å². The lowest BCUT2D eigenvalue weighted by molar-refractivity contribution is -0.142. The van der Waals surface area contributed by atoms with Crippen LogP contribution in [0.2, 0.25) is 0 Å². The summed E-state index contributed by atoms with van der Waals surface area (Å²) in [7, 11) is 0. The molecule has 1 fully saturated rings. The summed E-state index contributed by atoms with van der Waals surface area (Å²) in [6.07, 6.45) is 2.36. The van der Waals surface area contributed by atoms with E-state index in [-0.39, 0.29) is 5.91 Å². The molecule has 124 valence electrons. The first-order valence-corrected chi connectivity index (χ1v) is 8.25. The second-order valence-electron chi connectivity index (χ2n) is 6.40. The summed E-state index contributed by atoms with van der Waals surface area (Å²) in [6.45, 7) is 0. The summed E-state index contributed by atoms with van der Waals surface area (Å²) in [5.41, 5.74) is 1.91. The van der Waals surface area contributed by atoms with Crippen molar-refractivity contribution in [2.45, 2.75) is 31.2 Å². The Morgan fingerprint density at radius 1 is 1.00 bits per heavy atom. The largest absolute Gasteiger partial charge is 0.479 e. The molecule has 0 saturated heterocycles. The van der Waals surface area contributed by atoms with Crippen molar-refractivity contribution in [2.24, 2.45) is 5.92 Å². The number of benzene rings is 2. The maximum atomic E-state index is 12.2. The van der Waals surface area contributed by atoms with Gasteiger partial charge in [-0.15, -0.1) is 0 Å². The fourth-order valence-corrected chi connectivity index (χ4v) is 3.31. The molecule has 3 rings (SSSR count). The normalized spacial score (nSPS) is 20.7. The van der Waals surface area contributed by atoms with Gasteiger partial charge in [-0.1, -0.05) is 60.7 Å². The second kappa shape index (κ2) is 7.30. The minimum Gasteiger partial charge on any atom is -0.479 e. The van der Waals surface area contributed by atoms with E-state index in [1.165, 1.54) is 5.56 Å². The molecule has 1 atom stereocenters. The quantitative estimate of drug-likeness (QED) is 0.855. The molecule has 1 aliphatic rings. The van der Waals surface area contributed by atoms with Crippen LogP contribution < -0.4 is 5.32 Å². The summed E-state index contributed by atoms with van der Waals surface area (Å²) in [6, 6.07) is 18.1. The fourth-order valence-electron chi connectivity index (χ4n) is 3.31. The van der Waals surface area contributed by atoms with Crippen LogP contribution >= 0.6 is 0 Å². The Labute approximate surface area is 141 Å². The van der Waals surface area contributed by atoms with E-state index >= 15 is 0 Å². The first-order valence-electron chi connectivity index (χ1n) is 8.25. The van der Waals surface area contributed by atoms with Crippen molar-refractivity contribution in [1.82, 2.24) is 5.32 Å². The predicted octanol–water partition coefficient (Wildman–Crippen LogP) is 3.51. The van der Waals surface area contributed by atoms with Gasteiger partial charge < -0.3 is 10.4 Å². The zero-order chi connectivity index (χ0) is 16.9. The van der Waals surface area contributed by atoms with Gasteiger partial charge in [-0.05, 0) is 35.8 Å². The van der Waals surface area contributed by atoms with Crippen molar-refractivity contribution in [3.63, 3.8) is 0 Å². The Kier molecular flexibility index (Phi) is 4.94. The van der Waals surface area contributed by atoms with Gasteiger partial charge in [0, 0.05) is 6.42 Å². The highest BCUT2D eigenvalue weighted by atomic mass is 16.4. The molecule has 1 aliphatic carbocycles. The molecule has 1 amide bonds. The zero-order valence-corrected chi connectivity index (χ0v) is 13.4. The number of amides is 1. The SMILES string of the molecule is O=C(CC1CC(c2ccccc2)C1)NC(C(=O)O)c1ccccc1. The van der Waals surface area contributed by atoms with Gasteiger partial charge in [0.1, 0.15) is 0 Å². The maximum Gasteiger partial charge on any atom is 0.330 e. The van der Waals surface area contributed by atoms with E-state index in [2.05, 4.69) is 17.4 Å². The van der Waals surface area contributed by atoms with Gasteiger partial charge in [0.15, 0.2) is 6.04 Å². The van der Waals surface area contributed by atoms with E-state index in [0.717, 1.165) is 12.8 Å². The number of carbonyl (C=O) groups is 2. The van der Waals surface area contributed by atoms with Crippen molar-refractivity contribution in [3.05, 3.63) is 71.8 Å². The number of hydrogen-bond donors (Lipinski definition) is 2. The predicted molar refractivity (Wildman–Crippen MR) is 91.5 cm³/mol. The molecular weight excluding hydrogens is 302 g/mol. The lowest BCUT2D eigenvalue weighted by atomic mass is 9.70. The van der Waals surface area contributed by atoms with Gasteiger partial charge in [-0.3, -0.25) is 4.79 Å². The number of carbonyl (C=O) groups excluding carboxylic acids is 1. The van der Waals surface area contributed by atoms with Gasteiger partial charge in [0.05, 0.1) is 0 Å². The molecule has 0 spiro atoms. The van der Waals surface area contributed by atoms with Crippen molar-refractivity contribution in [1.29, 1.82) is 0 Å². The van der Waals surface area contributed by atoms with Crippen LogP contribution in [0.15, 0.2) is 60.7 Å². The smallest absolute Gasteiger partial charge is 0.330 e. The van der Waals surface area contributed by atoms with E-state index in [9.17, 15) is 14.7 Å². The summed E-state index contributed by atoms with van der Waals surface area (Å²) in [4.78, 5) is 23.6. The summed E-state index contributed by atoms with van der Waals surface area (Å²) >= 11 is 0. The Bertz CT molecular complexity index is 693. The summed E-state index contributed by atoms with van der Waals surface area (Å²) in [5.74, 6) is -0.373. The van der Waals surface area contributed by atoms with Crippen LogP contribution in [-0.2, 0) is 9.59 Å². The average molecular weight is 323 g/mol. The Balaban J connectivity index is 1.52. The molecule has 1 saturated carbocycles. The van der Waals surface area contributed by atoms with Crippen LogP contribution in [-0.4, -0.2) is 17.0 Å². The van der Waals surface area contributed by atoms with Gasteiger partial charge in [0.25, 0.3) is 0 Å². The molecule has 2 aromatic rings. The third-order valence-electron chi connectivity index (χ3n) is 4.67. The third kappa shape index (κ3) is 3.82. The van der Waals surface area contributed by atoms with E-state index in [1.807, 2.05) is 24.3 Å². The van der Waals surface area contributed by atoms with Gasteiger partial charge in [-0.2, -0.15) is 0 Å². The van der Waals surface area contributed by atoms with Crippen LogP contribution in [0.1, 0.15) is 42.3 Å². The number of hydrogen-bond acceptors (Lipinski definition) is 2. The van der Waals surface area contributed by atoms with Gasteiger partial charge in [-0.25, -0.2) is 4.79 Å². The van der Waals surface area contributed by atoms with Crippen molar-refractivity contribution in [2.75, 3.05) is 0 Å². The van der Waals surface area contributed by atoms with Crippen molar-refractivity contribution in [3.8, 4) is 0 Å². The van der Waals surface area contributed by atoms with Crippen LogP contribution in [0.3, 0.4) is 0 Å². The number of carboxylic acids is 1. The van der Waals surface area contributed by atoms with Crippen molar-refractivity contribution < 1.29 is 14.7 Å². The highest BCUT2D eigenvalue weighted by molar-refractivity contribution is 5.84. The van der Waals surface area contributed by atoms with Crippen LogP contribution in [0.25, 0.3) is 0 Å². The Morgan fingerprint density at radius 3 is 2.17 bits per heavy atom. The summed E-state index contributed by atoms with van der Waals surface area (Å²) < 4.78 is 0. The minimum absolute atomic E-state index is 0.192. The average Bonchev–Trinajstić information content (AvgIpc) is 2.57. The molecule has 4 heteroatoms.